The van der Waals surface area contributed by atoms with E-state index >= 15 is 0 Å². The minimum absolute atomic E-state index is 0.0588. The number of carboxylic acid groups (broad SMARTS) is 1. The van der Waals surface area contributed by atoms with E-state index in [0.717, 1.165) is 30.8 Å². The van der Waals surface area contributed by atoms with Gasteiger partial charge in [0.15, 0.2) is 0 Å². The van der Waals surface area contributed by atoms with Gasteiger partial charge in [-0.15, -0.1) is 11.6 Å². The smallest absolute Gasteiger partial charge is 0.304 e. The summed E-state index contributed by atoms with van der Waals surface area (Å²) in [6.07, 6.45) is 1.10. The summed E-state index contributed by atoms with van der Waals surface area (Å²) >= 11 is 5.84. The molecule has 3 N–H and O–H groups in total. The van der Waals surface area contributed by atoms with Gasteiger partial charge in [0.1, 0.15) is 0 Å². The number of hydrogen-bond acceptors (Lipinski definition) is 3. The molecule has 0 aliphatic rings. The van der Waals surface area contributed by atoms with Gasteiger partial charge in [-0.05, 0) is 30.7 Å². The summed E-state index contributed by atoms with van der Waals surface area (Å²) in [4.78, 5) is 13.1. The Hall–Kier alpha value is -1.26. The number of halogens is 1. The number of carboxylic acids is 1. The second kappa shape index (κ2) is 8.82. The molecule has 1 aromatic rings. The molecule has 0 saturated carbocycles. The van der Waals surface area contributed by atoms with Crippen molar-refractivity contribution in [3.8, 4) is 0 Å². The number of nitrogens with two attached hydrogens (primary N) is 1. The maximum Gasteiger partial charge on any atom is 0.304 e. The monoisotopic (exact) mass is 298 g/mol. The van der Waals surface area contributed by atoms with Crippen LogP contribution in [0.3, 0.4) is 0 Å². The molecule has 0 fully saturated rings. The Labute approximate surface area is 125 Å². The zero-order valence-electron chi connectivity index (χ0n) is 11.9. The van der Waals surface area contributed by atoms with Crippen molar-refractivity contribution in [2.75, 3.05) is 30.4 Å². The number of aliphatic carboxylic acids is 1. The topological polar surface area (TPSA) is 66.6 Å². The van der Waals surface area contributed by atoms with E-state index < -0.39 is 5.97 Å². The molecule has 0 amide bonds. The highest BCUT2D eigenvalue weighted by atomic mass is 35.5. The lowest BCUT2D eigenvalue weighted by Crippen LogP contribution is -2.26. The molecule has 0 bridgehead atoms. The molecule has 1 atom stereocenters. The summed E-state index contributed by atoms with van der Waals surface area (Å²) < 4.78 is 0. The third-order valence-corrected chi connectivity index (χ3v) is 3.43. The zero-order valence-corrected chi connectivity index (χ0v) is 12.6. The number of hydrogen-bond donors (Lipinski definition) is 2. The Balaban J connectivity index is 2.94. The summed E-state index contributed by atoms with van der Waals surface area (Å²) in [6.45, 7) is 4.17. The Morgan fingerprint density at radius 1 is 1.45 bits per heavy atom. The summed E-state index contributed by atoms with van der Waals surface area (Å²) in [7, 11) is 0. The normalized spacial score (nSPS) is 12.2. The van der Waals surface area contributed by atoms with E-state index in [1.54, 1.807) is 0 Å². The van der Waals surface area contributed by atoms with Gasteiger partial charge in [0.25, 0.3) is 0 Å². The third-order valence-electron chi connectivity index (χ3n) is 3.26. The van der Waals surface area contributed by atoms with E-state index in [9.17, 15) is 4.79 Å². The van der Waals surface area contributed by atoms with Crippen molar-refractivity contribution < 1.29 is 9.90 Å². The van der Waals surface area contributed by atoms with Gasteiger partial charge in [0.05, 0.1) is 6.42 Å². The van der Waals surface area contributed by atoms with Crippen LogP contribution in [0, 0.1) is 0 Å². The molecule has 0 heterocycles. The Kier molecular flexibility index (Phi) is 7.41. The van der Waals surface area contributed by atoms with Gasteiger partial charge in [0.2, 0.25) is 0 Å². The molecule has 0 aliphatic carbocycles. The van der Waals surface area contributed by atoms with E-state index in [-0.39, 0.29) is 12.3 Å². The summed E-state index contributed by atoms with van der Waals surface area (Å²) in [5.74, 6) is -0.399. The number of carbonyl (C=O) groups is 1. The minimum Gasteiger partial charge on any atom is -0.481 e. The molecule has 112 valence electrons. The zero-order chi connectivity index (χ0) is 15.0. The minimum atomic E-state index is -0.822. The van der Waals surface area contributed by atoms with Crippen molar-refractivity contribution in [2.45, 2.75) is 25.7 Å². The van der Waals surface area contributed by atoms with Gasteiger partial charge < -0.3 is 15.7 Å². The summed E-state index contributed by atoms with van der Waals surface area (Å²) in [5, 5.41) is 8.94. The van der Waals surface area contributed by atoms with Gasteiger partial charge in [-0.1, -0.05) is 19.1 Å². The van der Waals surface area contributed by atoms with Crippen LogP contribution in [0.15, 0.2) is 24.3 Å². The van der Waals surface area contributed by atoms with Crippen LogP contribution >= 0.6 is 11.6 Å². The molecule has 1 unspecified atom stereocenters. The molecular formula is C15H23ClN2O2. The van der Waals surface area contributed by atoms with Crippen LogP contribution in [0.1, 0.15) is 31.2 Å². The Morgan fingerprint density at radius 3 is 2.75 bits per heavy atom. The van der Waals surface area contributed by atoms with Crippen molar-refractivity contribution in [1.29, 1.82) is 0 Å². The molecule has 1 aromatic carbocycles. The lowest BCUT2D eigenvalue weighted by Gasteiger charge is -2.25. The second-order valence-electron chi connectivity index (χ2n) is 4.80. The van der Waals surface area contributed by atoms with Gasteiger partial charge in [-0.2, -0.15) is 0 Å². The first-order valence-electron chi connectivity index (χ1n) is 6.95. The summed E-state index contributed by atoms with van der Waals surface area (Å²) in [6, 6.07) is 7.95. The number of benzene rings is 1. The van der Waals surface area contributed by atoms with E-state index in [4.69, 9.17) is 22.4 Å². The van der Waals surface area contributed by atoms with Crippen LogP contribution < -0.4 is 10.6 Å². The average Bonchev–Trinajstić information content (AvgIpc) is 2.44. The predicted molar refractivity (Wildman–Crippen MR) is 83.7 cm³/mol. The standard InChI is InChI=1S/C15H23ClN2O2/c1-2-7-18(8-6-16)14-5-3-4-12(9-14)13(11-17)10-15(19)20/h3-5,9,13H,2,6-8,10-11,17H2,1H3,(H,19,20). The van der Waals surface area contributed by atoms with Crippen LogP contribution in [-0.4, -0.2) is 36.6 Å². The van der Waals surface area contributed by atoms with Crippen molar-refractivity contribution in [3.05, 3.63) is 29.8 Å². The maximum atomic E-state index is 10.9. The SMILES string of the molecule is CCCN(CCCl)c1cccc(C(CN)CC(=O)O)c1. The van der Waals surface area contributed by atoms with E-state index in [2.05, 4.69) is 11.8 Å². The highest BCUT2D eigenvalue weighted by Crippen LogP contribution is 2.24. The number of alkyl halides is 1. The van der Waals surface area contributed by atoms with Gasteiger partial charge in [-0.3, -0.25) is 4.79 Å². The fraction of sp³-hybridized carbons (Fsp3) is 0.533. The molecule has 0 aliphatic heterocycles. The fourth-order valence-electron chi connectivity index (χ4n) is 2.27. The first kappa shape index (κ1) is 16.8. The lowest BCUT2D eigenvalue weighted by atomic mass is 9.95. The molecule has 20 heavy (non-hydrogen) atoms. The van der Waals surface area contributed by atoms with Gasteiger partial charge in [-0.25, -0.2) is 0 Å². The number of anilines is 1. The molecule has 0 aromatic heterocycles. The Morgan fingerprint density at radius 2 is 2.20 bits per heavy atom. The molecule has 0 spiro atoms. The number of rotatable bonds is 9. The molecule has 0 saturated heterocycles. The maximum absolute atomic E-state index is 10.9. The third kappa shape index (κ3) is 5.02. The second-order valence-corrected chi connectivity index (χ2v) is 5.18. The van der Waals surface area contributed by atoms with E-state index in [0.29, 0.717) is 12.4 Å². The van der Waals surface area contributed by atoms with Crippen LogP contribution in [0.25, 0.3) is 0 Å². The van der Waals surface area contributed by atoms with Crippen LogP contribution in [0.4, 0.5) is 5.69 Å². The van der Waals surface area contributed by atoms with Gasteiger partial charge >= 0.3 is 5.97 Å². The fourth-order valence-corrected chi connectivity index (χ4v) is 2.47. The highest BCUT2D eigenvalue weighted by Gasteiger charge is 2.15. The molecule has 5 heteroatoms. The highest BCUT2D eigenvalue weighted by molar-refractivity contribution is 6.18. The lowest BCUT2D eigenvalue weighted by molar-refractivity contribution is -0.137. The number of nitrogens with zero attached hydrogens (tertiary/aromatic N) is 1. The molecular weight excluding hydrogens is 276 g/mol. The summed E-state index contributed by atoms with van der Waals surface area (Å²) in [5.41, 5.74) is 7.75. The predicted octanol–water partition coefficient (Wildman–Crippen LogP) is 2.66. The van der Waals surface area contributed by atoms with Crippen molar-refractivity contribution >= 4 is 23.3 Å². The van der Waals surface area contributed by atoms with Crippen LogP contribution in [-0.2, 0) is 4.79 Å². The van der Waals surface area contributed by atoms with Crippen molar-refractivity contribution in [3.63, 3.8) is 0 Å². The molecule has 1 rings (SSSR count). The van der Waals surface area contributed by atoms with Crippen molar-refractivity contribution in [2.24, 2.45) is 5.73 Å². The average molecular weight is 299 g/mol. The first-order chi connectivity index (χ1) is 9.62. The molecule has 4 nitrogen and oxygen atoms in total. The Bertz CT molecular complexity index is 420. The van der Waals surface area contributed by atoms with Gasteiger partial charge in [0, 0.05) is 30.6 Å². The first-order valence-corrected chi connectivity index (χ1v) is 7.48. The quantitative estimate of drug-likeness (QED) is 0.688. The van der Waals surface area contributed by atoms with Crippen molar-refractivity contribution in [1.82, 2.24) is 0 Å². The molecule has 0 radical (unpaired) electrons. The van der Waals surface area contributed by atoms with Crippen LogP contribution in [0.5, 0.6) is 0 Å². The van der Waals surface area contributed by atoms with E-state index in [1.165, 1.54) is 0 Å². The van der Waals surface area contributed by atoms with Crippen LogP contribution in [0.2, 0.25) is 0 Å². The van der Waals surface area contributed by atoms with E-state index in [1.807, 2.05) is 24.3 Å². The largest absolute Gasteiger partial charge is 0.481 e.